The van der Waals surface area contributed by atoms with Gasteiger partial charge in [-0.15, -0.1) is 10.2 Å². The zero-order chi connectivity index (χ0) is 20.3. The van der Waals surface area contributed by atoms with Gasteiger partial charge < -0.3 is 14.8 Å². The molecule has 0 saturated carbocycles. The van der Waals surface area contributed by atoms with Crippen LogP contribution in [-0.2, 0) is 11.8 Å². The maximum atomic E-state index is 12.2. The first kappa shape index (κ1) is 20.5. The molecule has 0 fully saturated rings. The molecule has 0 radical (unpaired) electrons. The van der Waals surface area contributed by atoms with Gasteiger partial charge in [0.2, 0.25) is 5.91 Å². The van der Waals surface area contributed by atoms with Crippen LogP contribution in [0, 0.1) is 0 Å². The molecule has 146 valence electrons. The third-order valence-electron chi connectivity index (χ3n) is 3.96. The van der Waals surface area contributed by atoms with Crippen molar-refractivity contribution in [2.45, 2.75) is 5.16 Å². The first-order valence-electron chi connectivity index (χ1n) is 8.39. The van der Waals surface area contributed by atoms with Crippen LogP contribution < -0.4 is 10.2 Å². The first-order valence-corrected chi connectivity index (χ1v) is 10.1. The predicted molar refractivity (Wildman–Crippen MR) is 117 cm³/mol. The van der Waals surface area contributed by atoms with E-state index in [1.165, 1.54) is 11.8 Å². The SMILES string of the molecule is CN(C)c1ccc(-c2nnc(SCC(=O)Nc3cc(Cl)cc(Cl)c3)n2C)cc1. The summed E-state index contributed by atoms with van der Waals surface area (Å²) in [6.07, 6.45) is 0. The molecule has 6 nitrogen and oxygen atoms in total. The second-order valence-corrected chi connectivity index (χ2v) is 8.12. The summed E-state index contributed by atoms with van der Waals surface area (Å²) in [6, 6.07) is 13.0. The molecule has 0 unspecified atom stereocenters. The fraction of sp³-hybridized carbons (Fsp3) is 0.211. The third kappa shape index (κ3) is 4.98. The minimum absolute atomic E-state index is 0.178. The van der Waals surface area contributed by atoms with E-state index in [1.807, 2.05) is 54.9 Å². The van der Waals surface area contributed by atoms with Crippen LogP contribution in [-0.4, -0.2) is 40.5 Å². The van der Waals surface area contributed by atoms with Gasteiger partial charge in [0.15, 0.2) is 11.0 Å². The lowest BCUT2D eigenvalue weighted by atomic mass is 10.2. The number of rotatable bonds is 6. The Labute approximate surface area is 177 Å². The van der Waals surface area contributed by atoms with Gasteiger partial charge in [-0.1, -0.05) is 35.0 Å². The summed E-state index contributed by atoms with van der Waals surface area (Å²) >= 11 is 13.2. The van der Waals surface area contributed by atoms with E-state index in [0.717, 1.165) is 17.1 Å². The van der Waals surface area contributed by atoms with Crippen molar-refractivity contribution in [3.05, 3.63) is 52.5 Å². The molecule has 0 aliphatic heterocycles. The normalized spacial score (nSPS) is 10.8. The van der Waals surface area contributed by atoms with Crippen LogP contribution in [0.25, 0.3) is 11.4 Å². The van der Waals surface area contributed by atoms with Gasteiger partial charge in [0.05, 0.1) is 5.75 Å². The van der Waals surface area contributed by atoms with Crippen molar-refractivity contribution in [3.8, 4) is 11.4 Å². The summed E-state index contributed by atoms with van der Waals surface area (Å²) in [4.78, 5) is 14.3. The average molecular weight is 436 g/mol. The molecule has 0 saturated heterocycles. The molecular weight excluding hydrogens is 417 g/mol. The van der Waals surface area contributed by atoms with E-state index < -0.39 is 0 Å². The number of amides is 1. The Morgan fingerprint density at radius 2 is 1.75 bits per heavy atom. The minimum atomic E-state index is -0.178. The van der Waals surface area contributed by atoms with E-state index in [0.29, 0.717) is 20.9 Å². The fourth-order valence-electron chi connectivity index (χ4n) is 2.55. The van der Waals surface area contributed by atoms with Gasteiger partial charge in [0.1, 0.15) is 0 Å². The molecule has 28 heavy (non-hydrogen) atoms. The van der Waals surface area contributed by atoms with Gasteiger partial charge in [-0.05, 0) is 42.5 Å². The number of halogens is 2. The van der Waals surface area contributed by atoms with Crippen LogP contribution in [0.3, 0.4) is 0 Å². The highest BCUT2D eigenvalue weighted by atomic mass is 35.5. The first-order chi connectivity index (χ1) is 13.3. The molecule has 1 aromatic heterocycles. The molecule has 1 heterocycles. The quantitative estimate of drug-likeness (QED) is 0.573. The molecular formula is C19H19Cl2N5OS. The number of nitrogens with one attached hydrogen (secondary N) is 1. The van der Waals surface area contributed by atoms with E-state index in [9.17, 15) is 4.79 Å². The molecule has 1 N–H and O–H groups in total. The standard InChI is InChI=1S/C19H19Cl2N5OS/c1-25(2)16-6-4-12(5-7-16)18-23-24-19(26(18)3)28-11-17(27)22-15-9-13(20)8-14(21)10-15/h4-10H,11H2,1-3H3,(H,22,27). The fourth-order valence-corrected chi connectivity index (χ4v) is 3.79. The third-order valence-corrected chi connectivity index (χ3v) is 5.41. The smallest absolute Gasteiger partial charge is 0.234 e. The van der Waals surface area contributed by atoms with Crippen LogP contribution >= 0.6 is 35.0 Å². The number of aromatic nitrogens is 3. The van der Waals surface area contributed by atoms with Gasteiger partial charge >= 0.3 is 0 Å². The van der Waals surface area contributed by atoms with Crippen molar-refractivity contribution in [1.82, 2.24) is 14.8 Å². The van der Waals surface area contributed by atoms with Crippen molar-refractivity contribution in [2.24, 2.45) is 7.05 Å². The van der Waals surface area contributed by atoms with Crippen molar-refractivity contribution in [1.29, 1.82) is 0 Å². The lowest BCUT2D eigenvalue weighted by Crippen LogP contribution is -2.14. The molecule has 0 aliphatic carbocycles. The lowest BCUT2D eigenvalue weighted by molar-refractivity contribution is -0.113. The van der Waals surface area contributed by atoms with Crippen molar-refractivity contribution >= 4 is 52.2 Å². The molecule has 0 atom stereocenters. The zero-order valence-corrected chi connectivity index (χ0v) is 17.9. The number of hydrogen-bond acceptors (Lipinski definition) is 5. The Morgan fingerprint density at radius 1 is 1.11 bits per heavy atom. The van der Waals surface area contributed by atoms with Gasteiger partial charge in [0.25, 0.3) is 0 Å². The van der Waals surface area contributed by atoms with Crippen molar-refractivity contribution in [2.75, 3.05) is 30.1 Å². The molecule has 3 rings (SSSR count). The highest BCUT2D eigenvalue weighted by Crippen LogP contribution is 2.25. The number of carbonyl (C=O) groups is 1. The maximum Gasteiger partial charge on any atom is 0.234 e. The Bertz CT molecular complexity index is 968. The summed E-state index contributed by atoms with van der Waals surface area (Å²) in [5.74, 6) is 0.758. The van der Waals surface area contributed by atoms with Gasteiger partial charge in [-0.2, -0.15) is 0 Å². The number of benzene rings is 2. The van der Waals surface area contributed by atoms with Gasteiger partial charge in [-0.25, -0.2) is 0 Å². The van der Waals surface area contributed by atoms with E-state index in [2.05, 4.69) is 15.5 Å². The molecule has 9 heteroatoms. The summed E-state index contributed by atoms with van der Waals surface area (Å²) in [5.41, 5.74) is 2.63. The van der Waals surface area contributed by atoms with Gasteiger partial charge in [0, 0.05) is 48.1 Å². The molecule has 0 spiro atoms. The monoisotopic (exact) mass is 435 g/mol. The predicted octanol–water partition coefficient (Wildman–Crippen LogP) is 4.59. The second-order valence-electron chi connectivity index (χ2n) is 6.30. The molecule has 0 bridgehead atoms. The largest absolute Gasteiger partial charge is 0.378 e. The number of carbonyl (C=O) groups excluding carboxylic acids is 1. The summed E-state index contributed by atoms with van der Waals surface area (Å²) in [5, 5.41) is 12.8. The topological polar surface area (TPSA) is 63.1 Å². The number of anilines is 2. The minimum Gasteiger partial charge on any atom is -0.378 e. The molecule has 2 aromatic carbocycles. The Balaban J connectivity index is 1.64. The lowest BCUT2D eigenvalue weighted by Gasteiger charge is -2.12. The van der Waals surface area contributed by atoms with Crippen molar-refractivity contribution in [3.63, 3.8) is 0 Å². The molecule has 1 amide bonds. The summed E-state index contributed by atoms with van der Waals surface area (Å²) in [7, 11) is 5.87. The maximum absolute atomic E-state index is 12.2. The van der Waals surface area contributed by atoms with Crippen LogP contribution in [0.15, 0.2) is 47.6 Å². The zero-order valence-electron chi connectivity index (χ0n) is 15.6. The number of thioether (sulfide) groups is 1. The number of hydrogen-bond donors (Lipinski definition) is 1. The molecule has 0 aliphatic rings. The van der Waals surface area contributed by atoms with Crippen LogP contribution in [0.5, 0.6) is 0 Å². The van der Waals surface area contributed by atoms with E-state index >= 15 is 0 Å². The van der Waals surface area contributed by atoms with E-state index in [-0.39, 0.29) is 11.7 Å². The van der Waals surface area contributed by atoms with E-state index in [4.69, 9.17) is 23.2 Å². The average Bonchev–Trinajstić information content (AvgIpc) is 2.99. The highest BCUT2D eigenvalue weighted by molar-refractivity contribution is 7.99. The number of nitrogens with zero attached hydrogens (tertiary/aromatic N) is 4. The van der Waals surface area contributed by atoms with Gasteiger partial charge in [-0.3, -0.25) is 4.79 Å². The second kappa shape index (κ2) is 8.86. The van der Waals surface area contributed by atoms with Crippen molar-refractivity contribution < 1.29 is 4.79 Å². The summed E-state index contributed by atoms with van der Waals surface area (Å²) in [6.45, 7) is 0. The highest BCUT2D eigenvalue weighted by Gasteiger charge is 2.13. The van der Waals surface area contributed by atoms with Crippen LogP contribution in [0.4, 0.5) is 11.4 Å². The Kier molecular flexibility index (Phi) is 6.49. The summed E-state index contributed by atoms with van der Waals surface area (Å²) < 4.78 is 1.87. The Morgan fingerprint density at radius 3 is 2.36 bits per heavy atom. The van der Waals surface area contributed by atoms with Crippen LogP contribution in [0.1, 0.15) is 0 Å². The van der Waals surface area contributed by atoms with Crippen LogP contribution in [0.2, 0.25) is 10.0 Å². The Hall–Kier alpha value is -2.22. The van der Waals surface area contributed by atoms with E-state index in [1.54, 1.807) is 18.2 Å². The molecule has 3 aromatic rings.